The zero-order chi connectivity index (χ0) is 18.7. The van der Waals surface area contributed by atoms with E-state index in [1.54, 1.807) is 18.5 Å². The van der Waals surface area contributed by atoms with Gasteiger partial charge in [0.15, 0.2) is 0 Å². The fourth-order valence-corrected chi connectivity index (χ4v) is 2.55. The summed E-state index contributed by atoms with van der Waals surface area (Å²) >= 11 is 6.05. The predicted octanol–water partition coefficient (Wildman–Crippen LogP) is 4.31. The average molecular weight is 368 g/mol. The maximum Gasteiger partial charge on any atom is 0.247 e. The van der Waals surface area contributed by atoms with Gasteiger partial charge in [0.1, 0.15) is 5.82 Å². The van der Waals surface area contributed by atoms with Crippen LogP contribution in [0.1, 0.15) is 5.69 Å². The number of halogens is 1. The molecular formula is C19H18ClN5O. The molecule has 0 saturated carbocycles. The van der Waals surface area contributed by atoms with Crippen molar-refractivity contribution in [1.29, 1.82) is 0 Å². The third-order valence-electron chi connectivity index (χ3n) is 3.74. The number of aromatic nitrogens is 3. The molecular weight excluding hydrogens is 350 g/mol. The van der Waals surface area contributed by atoms with Gasteiger partial charge in [0.05, 0.1) is 22.7 Å². The molecule has 1 aromatic carbocycles. The van der Waals surface area contributed by atoms with E-state index in [0.29, 0.717) is 16.5 Å². The van der Waals surface area contributed by atoms with Crippen LogP contribution in [0.3, 0.4) is 0 Å². The Kier molecular flexibility index (Phi) is 5.04. The Bertz CT molecular complexity index is 980. The van der Waals surface area contributed by atoms with Crippen LogP contribution in [0.2, 0.25) is 5.02 Å². The molecule has 0 aliphatic carbocycles. The molecule has 0 aliphatic rings. The lowest BCUT2D eigenvalue weighted by atomic mass is 10.1. The molecule has 2 aromatic heterocycles. The van der Waals surface area contributed by atoms with Crippen LogP contribution >= 0.6 is 11.6 Å². The van der Waals surface area contributed by atoms with Gasteiger partial charge in [0.25, 0.3) is 0 Å². The molecule has 2 N–H and O–H groups in total. The number of nitrogens with one attached hydrogen (secondary N) is 2. The van der Waals surface area contributed by atoms with Crippen molar-refractivity contribution in [3.05, 3.63) is 66.2 Å². The maximum atomic E-state index is 11.6. The number of amides is 1. The summed E-state index contributed by atoms with van der Waals surface area (Å²) < 4.78 is 1.86. The van der Waals surface area contributed by atoms with Crippen LogP contribution in [-0.4, -0.2) is 20.4 Å². The van der Waals surface area contributed by atoms with Crippen molar-refractivity contribution < 1.29 is 4.79 Å². The van der Waals surface area contributed by atoms with Crippen LogP contribution in [0.25, 0.3) is 11.3 Å². The molecule has 0 aliphatic heterocycles. The van der Waals surface area contributed by atoms with Gasteiger partial charge >= 0.3 is 0 Å². The lowest BCUT2D eigenvalue weighted by Gasteiger charge is -2.13. The van der Waals surface area contributed by atoms with Crippen molar-refractivity contribution in [2.24, 2.45) is 7.05 Å². The number of hydrogen-bond donors (Lipinski definition) is 2. The highest BCUT2D eigenvalue weighted by atomic mass is 35.5. The van der Waals surface area contributed by atoms with E-state index in [-0.39, 0.29) is 5.91 Å². The summed E-state index contributed by atoms with van der Waals surface area (Å²) in [5.41, 5.74) is 3.82. The molecule has 132 valence electrons. The van der Waals surface area contributed by atoms with Crippen LogP contribution in [0.4, 0.5) is 17.2 Å². The van der Waals surface area contributed by atoms with Gasteiger partial charge in [-0.25, -0.2) is 9.97 Å². The topological polar surface area (TPSA) is 71.8 Å². The first kappa shape index (κ1) is 17.7. The third kappa shape index (κ3) is 3.92. The van der Waals surface area contributed by atoms with Gasteiger partial charge < -0.3 is 15.2 Å². The number of aryl methyl sites for hydroxylation is 2. The monoisotopic (exact) mass is 367 g/mol. The van der Waals surface area contributed by atoms with E-state index < -0.39 is 0 Å². The van der Waals surface area contributed by atoms with Crippen molar-refractivity contribution >= 4 is 34.7 Å². The summed E-state index contributed by atoms with van der Waals surface area (Å²) in [4.78, 5) is 20.4. The van der Waals surface area contributed by atoms with Gasteiger partial charge in [-0.1, -0.05) is 18.2 Å². The number of rotatable bonds is 5. The number of nitrogens with zero attached hydrogens (tertiary/aromatic N) is 3. The van der Waals surface area contributed by atoms with Crippen molar-refractivity contribution in [3.8, 4) is 11.3 Å². The minimum atomic E-state index is -0.271. The largest absolute Gasteiger partial charge is 0.340 e. The maximum absolute atomic E-state index is 11.6. The molecule has 2 heterocycles. The Hall–Kier alpha value is -3.12. The molecule has 0 saturated heterocycles. The molecule has 0 unspecified atom stereocenters. The number of benzene rings is 1. The lowest BCUT2D eigenvalue weighted by Crippen LogP contribution is -2.07. The second-order valence-electron chi connectivity index (χ2n) is 5.77. The van der Waals surface area contributed by atoms with Crippen LogP contribution in [0, 0.1) is 6.92 Å². The number of carbonyl (C=O) groups excluding carboxylic acids is 1. The Morgan fingerprint density at radius 1 is 1.31 bits per heavy atom. The summed E-state index contributed by atoms with van der Waals surface area (Å²) in [6, 6.07) is 9.14. The van der Waals surface area contributed by atoms with Gasteiger partial charge in [-0.2, -0.15) is 0 Å². The number of carbonyl (C=O) groups is 1. The molecule has 0 fully saturated rings. The van der Waals surface area contributed by atoms with E-state index in [1.165, 1.54) is 6.08 Å². The Morgan fingerprint density at radius 3 is 2.77 bits per heavy atom. The molecule has 0 spiro atoms. The van der Waals surface area contributed by atoms with Crippen molar-refractivity contribution in [3.63, 3.8) is 0 Å². The fraction of sp³-hybridized carbons (Fsp3) is 0.105. The van der Waals surface area contributed by atoms with E-state index >= 15 is 0 Å². The smallest absolute Gasteiger partial charge is 0.247 e. The molecule has 0 radical (unpaired) electrons. The second kappa shape index (κ2) is 7.41. The summed E-state index contributed by atoms with van der Waals surface area (Å²) in [6.07, 6.45) is 4.85. The van der Waals surface area contributed by atoms with Gasteiger partial charge in [-0.3, -0.25) is 4.79 Å². The van der Waals surface area contributed by atoms with Crippen LogP contribution < -0.4 is 10.6 Å². The molecule has 3 aromatic rings. The zero-order valence-electron chi connectivity index (χ0n) is 14.5. The van der Waals surface area contributed by atoms with E-state index in [9.17, 15) is 4.79 Å². The third-order valence-corrected chi connectivity index (χ3v) is 4.14. The second-order valence-corrected chi connectivity index (χ2v) is 6.17. The lowest BCUT2D eigenvalue weighted by molar-refractivity contribution is -0.111. The highest BCUT2D eigenvalue weighted by Gasteiger charge is 2.11. The van der Waals surface area contributed by atoms with E-state index in [0.717, 1.165) is 22.6 Å². The van der Waals surface area contributed by atoms with Gasteiger partial charge in [-0.15, -0.1) is 0 Å². The Morgan fingerprint density at radius 2 is 2.12 bits per heavy atom. The summed E-state index contributed by atoms with van der Waals surface area (Å²) in [6.45, 7) is 5.32. The molecule has 0 atom stereocenters. The first-order chi connectivity index (χ1) is 12.5. The average Bonchev–Trinajstić information content (AvgIpc) is 3.05. The van der Waals surface area contributed by atoms with E-state index in [1.807, 2.05) is 42.9 Å². The predicted molar refractivity (Wildman–Crippen MR) is 105 cm³/mol. The van der Waals surface area contributed by atoms with E-state index in [2.05, 4.69) is 27.2 Å². The van der Waals surface area contributed by atoms with Crippen LogP contribution in [-0.2, 0) is 11.8 Å². The Balaban J connectivity index is 2.01. The Labute approximate surface area is 156 Å². The molecule has 3 rings (SSSR count). The van der Waals surface area contributed by atoms with Gasteiger partial charge in [0.2, 0.25) is 5.91 Å². The first-order valence-electron chi connectivity index (χ1n) is 7.92. The summed E-state index contributed by atoms with van der Waals surface area (Å²) in [7, 11) is 1.90. The molecule has 6 nitrogen and oxygen atoms in total. The number of anilines is 3. The van der Waals surface area contributed by atoms with Crippen molar-refractivity contribution in [2.75, 3.05) is 10.6 Å². The summed E-state index contributed by atoms with van der Waals surface area (Å²) in [5.74, 6) is 0.402. The minimum absolute atomic E-state index is 0.271. The van der Waals surface area contributed by atoms with Gasteiger partial charge in [-0.05, 0) is 43.3 Å². The normalized spacial score (nSPS) is 10.4. The van der Waals surface area contributed by atoms with Crippen LogP contribution in [0.5, 0.6) is 0 Å². The standard InChI is InChI=1S/C19H18ClN5O/c1-4-19(26)23-13-5-7-16(14(9-13)17-10-25(3)11-21-17)24-18-8-6-15(20)12(2)22-18/h4-11H,1H2,2-3H3,(H,22,24)(H,23,26). The molecule has 26 heavy (non-hydrogen) atoms. The van der Waals surface area contributed by atoms with E-state index in [4.69, 9.17) is 11.6 Å². The summed E-state index contributed by atoms with van der Waals surface area (Å²) in [5, 5.41) is 6.67. The highest BCUT2D eigenvalue weighted by Crippen LogP contribution is 2.32. The molecule has 1 amide bonds. The molecule has 7 heteroatoms. The number of pyridine rings is 1. The van der Waals surface area contributed by atoms with Crippen molar-refractivity contribution in [2.45, 2.75) is 6.92 Å². The van der Waals surface area contributed by atoms with Gasteiger partial charge in [0, 0.05) is 30.2 Å². The number of hydrogen-bond acceptors (Lipinski definition) is 4. The fourth-order valence-electron chi connectivity index (χ4n) is 2.44. The minimum Gasteiger partial charge on any atom is -0.340 e. The zero-order valence-corrected chi connectivity index (χ0v) is 15.2. The SMILES string of the molecule is C=CC(=O)Nc1ccc(Nc2ccc(Cl)c(C)n2)c(-c2cn(C)cn2)c1. The van der Waals surface area contributed by atoms with Crippen LogP contribution in [0.15, 0.2) is 55.5 Å². The highest BCUT2D eigenvalue weighted by molar-refractivity contribution is 6.31. The number of imidazole rings is 1. The quantitative estimate of drug-likeness (QED) is 0.659. The van der Waals surface area contributed by atoms with Crippen molar-refractivity contribution in [1.82, 2.24) is 14.5 Å². The first-order valence-corrected chi connectivity index (χ1v) is 8.30. The molecule has 0 bridgehead atoms.